The van der Waals surface area contributed by atoms with E-state index in [0.717, 1.165) is 5.75 Å². The number of methoxy groups -OCH3 is 1. The van der Waals surface area contributed by atoms with Gasteiger partial charge in [-0.1, -0.05) is 29.8 Å². The first-order valence-corrected chi connectivity index (χ1v) is 8.99. The summed E-state index contributed by atoms with van der Waals surface area (Å²) >= 11 is 0. The molecule has 1 unspecified atom stereocenters. The van der Waals surface area contributed by atoms with Crippen LogP contribution >= 0.6 is 0 Å². The van der Waals surface area contributed by atoms with Crippen molar-refractivity contribution in [3.63, 3.8) is 0 Å². The van der Waals surface area contributed by atoms with E-state index >= 15 is 0 Å². The highest BCUT2D eigenvalue weighted by molar-refractivity contribution is 6.01. The minimum Gasteiger partial charge on any atom is -0.495 e. The number of anilines is 1. The minimum atomic E-state index is -0.373. The molecule has 2 aromatic carbocycles. The molecule has 0 aromatic heterocycles. The van der Waals surface area contributed by atoms with Gasteiger partial charge in [0.2, 0.25) is 11.8 Å². The van der Waals surface area contributed by atoms with Crippen molar-refractivity contribution < 1.29 is 19.1 Å². The lowest BCUT2D eigenvalue weighted by molar-refractivity contribution is -0.126. The van der Waals surface area contributed by atoms with Crippen LogP contribution in [0.2, 0.25) is 0 Å². The molecule has 2 amide bonds. The van der Waals surface area contributed by atoms with E-state index in [9.17, 15) is 9.59 Å². The predicted molar refractivity (Wildman–Crippen MR) is 103 cm³/mol. The Morgan fingerprint density at radius 3 is 2.67 bits per heavy atom. The van der Waals surface area contributed by atoms with Crippen LogP contribution in [0.25, 0.3) is 0 Å². The molecular formula is C21H24N2O4. The number of nitrogens with zero attached hydrogens (tertiary/aromatic N) is 1. The Morgan fingerprint density at radius 2 is 1.93 bits per heavy atom. The number of aryl methyl sites for hydroxylation is 1. The second kappa shape index (κ2) is 8.58. The summed E-state index contributed by atoms with van der Waals surface area (Å²) in [4.78, 5) is 26.4. The van der Waals surface area contributed by atoms with Gasteiger partial charge in [-0.2, -0.15) is 0 Å². The fourth-order valence-corrected chi connectivity index (χ4v) is 3.09. The zero-order chi connectivity index (χ0) is 19.2. The third kappa shape index (κ3) is 4.58. The number of carbonyl (C=O) groups is 2. The van der Waals surface area contributed by atoms with Gasteiger partial charge < -0.3 is 19.7 Å². The number of ether oxygens (including phenoxy) is 2. The topological polar surface area (TPSA) is 67.9 Å². The van der Waals surface area contributed by atoms with Crippen molar-refractivity contribution in [1.29, 1.82) is 0 Å². The normalized spacial score (nSPS) is 16.3. The zero-order valence-corrected chi connectivity index (χ0v) is 15.6. The molecule has 1 aliphatic rings. The van der Waals surface area contributed by atoms with Crippen LogP contribution < -0.4 is 19.7 Å². The van der Waals surface area contributed by atoms with Crippen LogP contribution in [0.4, 0.5) is 5.69 Å². The minimum absolute atomic E-state index is 0.0736. The van der Waals surface area contributed by atoms with E-state index in [1.54, 1.807) is 18.1 Å². The third-order valence-corrected chi connectivity index (χ3v) is 4.56. The largest absolute Gasteiger partial charge is 0.495 e. The van der Waals surface area contributed by atoms with Gasteiger partial charge >= 0.3 is 0 Å². The molecule has 0 bridgehead atoms. The second-order valence-corrected chi connectivity index (χ2v) is 6.53. The smallest absolute Gasteiger partial charge is 0.227 e. The molecule has 1 atom stereocenters. The summed E-state index contributed by atoms with van der Waals surface area (Å²) in [6.07, 6.45) is 0.197. The summed E-state index contributed by atoms with van der Waals surface area (Å²) in [6, 6.07) is 15.1. The summed E-state index contributed by atoms with van der Waals surface area (Å²) in [5.41, 5.74) is 1.86. The standard InChI is InChI=1S/C21H24N2O4/c1-15-7-9-17(10-8-15)27-12-11-22-21(25)16-13-20(24)23(14-16)18-5-3-4-6-19(18)26-2/h3-10,16H,11-14H2,1-2H3,(H,22,25). The van der Waals surface area contributed by atoms with E-state index in [1.165, 1.54) is 5.56 Å². The first-order chi connectivity index (χ1) is 13.1. The quantitative estimate of drug-likeness (QED) is 0.763. The second-order valence-electron chi connectivity index (χ2n) is 6.53. The van der Waals surface area contributed by atoms with Crippen LogP contribution in [0.5, 0.6) is 11.5 Å². The molecule has 0 spiro atoms. The number of hydrogen-bond donors (Lipinski definition) is 1. The summed E-state index contributed by atoms with van der Waals surface area (Å²) < 4.78 is 10.9. The zero-order valence-electron chi connectivity index (χ0n) is 15.6. The van der Waals surface area contributed by atoms with E-state index in [1.807, 2.05) is 49.4 Å². The van der Waals surface area contributed by atoms with Crippen LogP contribution in [0.15, 0.2) is 48.5 Å². The molecule has 0 radical (unpaired) electrons. The Morgan fingerprint density at radius 1 is 1.19 bits per heavy atom. The average molecular weight is 368 g/mol. The van der Waals surface area contributed by atoms with Gasteiger partial charge in [-0.15, -0.1) is 0 Å². The predicted octanol–water partition coefficient (Wildman–Crippen LogP) is 2.55. The molecule has 1 aliphatic heterocycles. The van der Waals surface area contributed by atoms with Crippen LogP contribution in [0.3, 0.4) is 0 Å². The van der Waals surface area contributed by atoms with Crippen LogP contribution in [-0.4, -0.2) is 38.6 Å². The molecule has 6 nitrogen and oxygen atoms in total. The van der Waals surface area contributed by atoms with Gasteiger partial charge in [0.25, 0.3) is 0 Å². The van der Waals surface area contributed by atoms with Crippen LogP contribution in [0.1, 0.15) is 12.0 Å². The van der Waals surface area contributed by atoms with Crippen molar-refractivity contribution in [3.8, 4) is 11.5 Å². The molecule has 2 aromatic rings. The number of rotatable bonds is 7. The van der Waals surface area contributed by atoms with Gasteiger partial charge in [-0.05, 0) is 31.2 Å². The number of hydrogen-bond acceptors (Lipinski definition) is 4. The SMILES string of the molecule is COc1ccccc1N1CC(C(=O)NCCOc2ccc(C)cc2)CC1=O. The highest BCUT2D eigenvalue weighted by Crippen LogP contribution is 2.32. The fourth-order valence-electron chi connectivity index (χ4n) is 3.09. The molecule has 27 heavy (non-hydrogen) atoms. The molecule has 3 rings (SSSR count). The van der Waals surface area contributed by atoms with E-state index in [2.05, 4.69) is 5.32 Å². The average Bonchev–Trinajstić information content (AvgIpc) is 3.08. The first kappa shape index (κ1) is 18.8. The highest BCUT2D eigenvalue weighted by Gasteiger charge is 2.36. The van der Waals surface area contributed by atoms with E-state index < -0.39 is 0 Å². The molecule has 0 aliphatic carbocycles. The van der Waals surface area contributed by atoms with Gasteiger partial charge in [0.05, 0.1) is 25.3 Å². The highest BCUT2D eigenvalue weighted by atomic mass is 16.5. The lowest BCUT2D eigenvalue weighted by Crippen LogP contribution is -2.35. The Bertz CT molecular complexity index is 804. The van der Waals surface area contributed by atoms with E-state index in [-0.39, 0.29) is 24.2 Å². The van der Waals surface area contributed by atoms with E-state index in [0.29, 0.717) is 31.1 Å². The van der Waals surface area contributed by atoms with E-state index in [4.69, 9.17) is 9.47 Å². The maximum absolute atomic E-state index is 12.4. The number of carbonyl (C=O) groups excluding carboxylic acids is 2. The van der Waals surface area contributed by atoms with Gasteiger partial charge in [-0.25, -0.2) is 0 Å². The first-order valence-electron chi connectivity index (χ1n) is 8.99. The Labute approximate surface area is 159 Å². The summed E-state index contributed by atoms with van der Waals surface area (Å²) in [6.45, 7) is 3.14. The van der Waals surface area contributed by atoms with Gasteiger partial charge in [0.15, 0.2) is 0 Å². The third-order valence-electron chi connectivity index (χ3n) is 4.56. The molecule has 1 N–H and O–H groups in total. The Hall–Kier alpha value is -3.02. The van der Waals surface area contributed by atoms with Crippen molar-refractivity contribution in [2.45, 2.75) is 13.3 Å². The summed E-state index contributed by atoms with van der Waals surface area (Å²) in [5.74, 6) is 0.817. The summed E-state index contributed by atoms with van der Waals surface area (Å²) in [5, 5.41) is 2.85. The number of nitrogens with one attached hydrogen (secondary N) is 1. The monoisotopic (exact) mass is 368 g/mol. The van der Waals surface area contributed by atoms with Gasteiger partial charge in [-0.3, -0.25) is 9.59 Å². The van der Waals surface area contributed by atoms with Crippen molar-refractivity contribution in [2.24, 2.45) is 5.92 Å². The number of amides is 2. The molecular weight excluding hydrogens is 344 g/mol. The molecule has 1 saturated heterocycles. The number of para-hydroxylation sites is 2. The van der Waals surface area contributed by atoms with Crippen molar-refractivity contribution in [2.75, 3.05) is 31.7 Å². The molecule has 1 heterocycles. The van der Waals surface area contributed by atoms with Gasteiger partial charge in [0, 0.05) is 13.0 Å². The Kier molecular flexibility index (Phi) is 5.96. The maximum atomic E-state index is 12.4. The number of benzene rings is 2. The van der Waals surface area contributed by atoms with Crippen LogP contribution in [0, 0.1) is 12.8 Å². The molecule has 1 fully saturated rings. The molecule has 142 valence electrons. The van der Waals surface area contributed by atoms with Gasteiger partial charge in [0.1, 0.15) is 18.1 Å². The van der Waals surface area contributed by atoms with Crippen molar-refractivity contribution in [3.05, 3.63) is 54.1 Å². The van der Waals surface area contributed by atoms with Crippen LogP contribution in [-0.2, 0) is 9.59 Å². The fraction of sp³-hybridized carbons (Fsp3) is 0.333. The van der Waals surface area contributed by atoms with Crippen molar-refractivity contribution in [1.82, 2.24) is 5.32 Å². The summed E-state index contributed by atoms with van der Waals surface area (Å²) in [7, 11) is 1.57. The molecule has 0 saturated carbocycles. The molecule has 6 heteroatoms. The van der Waals surface area contributed by atoms with Crippen molar-refractivity contribution >= 4 is 17.5 Å². The lowest BCUT2D eigenvalue weighted by atomic mass is 10.1. The maximum Gasteiger partial charge on any atom is 0.227 e. The lowest BCUT2D eigenvalue weighted by Gasteiger charge is -2.19. The Balaban J connectivity index is 1.49.